The molecule has 53 heavy (non-hydrogen) atoms. The predicted octanol–water partition coefficient (Wildman–Crippen LogP) is 9.05. The molecule has 3 aromatic carbocycles. The summed E-state index contributed by atoms with van der Waals surface area (Å²) in [6.45, 7) is 2.82. The van der Waals surface area contributed by atoms with E-state index in [-0.39, 0.29) is 24.1 Å². The second kappa shape index (κ2) is 15.1. The van der Waals surface area contributed by atoms with Gasteiger partial charge in [0, 0.05) is 48.5 Å². The van der Waals surface area contributed by atoms with Crippen LogP contribution in [0.2, 0.25) is 0 Å². The highest BCUT2D eigenvalue weighted by Crippen LogP contribution is 2.54. The van der Waals surface area contributed by atoms with E-state index in [0.29, 0.717) is 36.6 Å². The number of anilines is 1. The summed E-state index contributed by atoms with van der Waals surface area (Å²) in [6, 6.07) is 28.5. The lowest BCUT2D eigenvalue weighted by Crippen LogP contribution is -2.45. The van der Waals surface area contributed by atoms with Crippen molar-refractivity contribution in [3.8, 4) is 0 Å². The van der Waals surface area contributed by atoms with E-state index in [1.54, 1.807) is 22.3 Å². The first kappa shape index (κ1) is 34.9. The number of carbonyl (C=O) groups is 2. The number of amides is 4. The Balaban J connectivity index is 0.686. The fraction of sp³-hybridized carbons (Fsp3) is 0.556. The molecule has 2 aliphatic carbocycles. The summed E-state index contributed by atoms with van der Waals surface area (Å²) < 4.78 is 0. The number of nitrogens with zero attached hydrogens (tertiary/aromatic N) is 3. The van der Waals surface area contributed by atoms with E-state index in [1.165, 1.54) is 64.5 Å². The minimum atomic E-state index is -0.381. The van der Waals surface area contributed by atoms with E-state index >= 15 is 0 Å². The zero-order valence-electron chi connectivity index (χ0n) is 31.3. The van der Waals surface area contributed by atoms with Crippen LogP contribution in [-0.4, -0.2) is 47.0 Å². The standard InChI is InChI=1S/C45H58N6O2/c46-44(52)51(34-17-11-31(12-18-34)26-28-50-42-23-24-43(50)39-8-4-3-7-38(39)42)35-19-13-32(14-20-35)29-47-45(53)48-33-15-9-30(10-16-33)25-27-49-40-21-22-41(49)37-6-2-1-5-36(37)40/h1-8,13-14,19-20,30-31,33-34,40-43H,9-12,15-18,21-29H2,(H2,46,52)(H2,47,48,53)/t30-,31-,33-,34-,40-,41+,42-,43+. The van der Waals surface area contributed by atoms with Crippen LogP contribution in [0.4, 0.5) is 15.3 Å². The molecule has 4 fully saturated rings. The number of urea groups is 2. The highest BCUT2D eigenvalue weighted by atomic mass is 16.2. The minimum absolute atomic E-state index is 0.0959. The first-order valence-corrected chi connectivity index (χ1v) is 20.9. The number of benzene rings is 3. The second-order valence-electron chi connectivity index (χ2n) is 17.1. The van der Waals surface area contributed by atoms with Crippen molar-refractivity contribution in [2.45, 2.75) is 133 Å². The Morgan fingerprint density at radius 3 is 1.51 bits per heavy atom. The van der Waals surface area contributed by atoms with Crippen LogP contribution >= 0.6 is 0 Å². The summed E-state index contributed by atoms with van der Waals surface area (Å²) in [5, 5.41) is 6.30. The predicted molar refractivity (Wildman–Crippen MR) is 210 cm³/mol. The third kappa shape index (κ3) is 6.98. The van der Waals surface area contributed by atoms with E-state index in [9.17, 15) is 9.59 Å². The van der Waals surface area contributed by atoms with Gasteiger partial charge in [0.15, 0.2) is 0 Å². The maximum Gasteiger partial charge on any atom is 0.319 e. The van der Waals surface area contributed by atoms with Crippen LogP contribution in [0.5, 0.6) is 0 Å². The van der Waals surface area contributed by atoms with Crippen LogP contribution in [0.3, 0.4) is 0 Å². The molecule has 4 heterocycles. The van der Waals surface area contributed by atoms with Crippen molar-refractivity contribution in [3.63, 3.8) is 0 Å². The number of nitrogens with one attached hydrogen (secondary N) is 2. The molecule has 9 rings (SSSR count). The number of rotatable bonds is 11. The topological polar surface area (TPSA) is 93.9 Å². The van der Waals surface area contributed by atoms with Gasteiger partial charge < -0.3 is 16.4 Å². The van der Waals surface area contributed by atoms with Crippen LogP contribution in [0.25, 0.3) is 0 Å². The maximum atomic E-state index is 12.9. The molecule has 2 saturated heterocycles. The van der Waals surface area contributed by atoms with Crippen LogP contribution in [0, 0.1) is 11.8 Å². The fourth-order valence-corrected chi connectivity index (χ4v) is 11.6. The van der Waals surface area contributed by atoms with Gasteiger partial charge in [0.05, 0.1) is 0 Å². The van der Waals surface area contributed by atoms with Gasteiger partial charge in [0.25, 0.3) is 0 Å². The van der Waals surface area contributed by atoms with Crippen LogP contribution in [-0.2, 0) is 6.54 Å². The lowest BCUT2D eigenvalue weighted by atomic mass is 9.83. The van der Waals surface area contributed by atoms with E-state index in [1.807, 2.05) is 29.2 Å². The third-order valence-corrected chi connectivity index (χ3v) is 14.3. The molecule has 0 unspecified atom stereocenters. The fourth-order valence-electron chi connectivity index (χ4n) is 11.6. The number of fused-ring (bicyclic) bond motifs is 10. The highest BCUT2D eigenvalue weighted by molar-refractivity contribution is 5.91. The van der Waals surface area contributed by atoms with Crippen molar-refractivity contribution < 1.29 is 9.59 Å². The highest BCUT2D eigenvalue weighted by Gasteiger charge is 2.44. The van der Waals surface area contributed by atoms with Crippen LogP contribution in [0.15, 0.2) is 72.8 Å². The number of primary amides is 1. The van der Waals surface area contributed by atoms with Crippen molar-refractivity contribution in [3.05, 3.63) is 101 Å². The van der Waals surface area contributed by atoms with E-state index < -0.39 is 0 Å². The second-order valence-corrected chi connectivity index (χ2v) is 17.1. The number of nitrogens with two attached hydrogens (primary N) is 1. The van der Waals surface area contributed by atoms with Crippen LogP contribution < -0.4 is 21.3 Å². The molecule has 4 atom stereocenters. The largest absolute Gasteiger partial charge is 0.351 e. The molecule has 0 aromatic heterocycles. The summed E-state index contributed by atoms with van der Waals surface area (Å²) in [5.74, 6) is 1.45. The van der Waals surface area contributed by atoms with Crippen LogP contribution in [0.1, 0.15) is 142 Å². The van der Waals surface area contributed by atoms with Gasteiger partial charge in [0.1, 0.15) is 0 Å². The molecular weight excluding hydrogens is 657 g/mol. The van der Waals surface area contributed by atoms with Crippen molar-refractivity contribution in [2.24, 2.45) is 17.6 Å². The zero-order valence-corrected chi connectivity index (χ0v) is 31.3. The van der Waals surface area contributed by atoms with Gasteiger partial charge in [-0.25, -0.2) is 9.59 Å². The summed E-state index contributed by atoms with van der Waals surface area (Å²) in [7, 11) is 0. The lowest BCUT2D eigenvalue weighted by Gasteiger charge is -2.36. The lowest BCUT2D eigenvalue weighted by molar-refractivity contribution is 0.185. The van der Waals surface area contributed by atoms with Gasteiger partial charge in [-0.3, -0.25) is 14.7 Å². The first-order valence-electron chi connectivity index (χ1n) is 20.9. The van der Waals surface area contributed by atoms with Gasteiger partial charge in [0.2, 0.25) is 0 Å². The smallest absolute Gasteiger partial charge is 0.319 e. The van der Waals surface area contributed by atoms with Gasteiger partial charge in [-0.1, -0.05) is 60.7 Å². The third-order valence-electron chi connectivity index (χ3n) is 14.3. The molecule has 0 radical (unpaired) electrons. The van der Waals surface area contributed by atoms with Crippen molar-refractivity contribution in [2.75, 3.05) is 18.0 Å². The molecule has 6 aliphatic rings. The summed E-state index contributed by atoms with van der Waals surface area (Å²) >= 11 is 0. The van der Waals surface area contributed by atoms with Gasteiger partial charge >= 0.3 is 12.1 Å². The molecule has 3 aromatic rings. The molecule has 0 spiro atoms. The monoisotopic (exact) mass is 714 g/mol. The molecule has 4 N–H and O–H groups in total. The van der Waals surface area contributed by atoms with E-state index in [2.05, 4.69) is 69.0 Å². The molecule has 280 valence electrons. The van der Waals surface area contributed by atoms with Crippen molar-refractivity contribution in [1.29, 1.82) is 0 Å². The zero-order chi connectivity index (χ0) is 35.9. The SMILES string of the molecule is NC(=O)N(c1ccc(CNC(=O)N[C@H]2CC[C@H](CCN3[C@@H]4CC[C@H]3c3ccccc34)CC2)cc1)[C@H]1CC[C@H](CCN2[C@@H]3CC[C@H]2c2ccccc23)CC1. The van der Waals surface area contributed by atoms with Gasteiger partial charge in [-0.05, 0) is 155 Å². The Morgan fingerprint density at radius 1 is 0.604 bits per heavy atom. The molecule has 2 saturated carbocycles. The van der Waals surface area contributed by atoms with Gasteiger partial charge in [-0.15, -0.1) is 0 Å². The Morgan fingerprint density at radius 2 is 1.06 bits per heavy atom. The summed E-state index contributed by atoms with van der Waals surface area (Å²) in [4.78, 5) is 32.9. The van der Waals surface area contributed by atoms with E-state index in [0.717, 1.165) is 55.7 Å². The van der Waals surface area contributed by atoms with Gasteiger partial charge in [-0.2, -0.15) is 0 Å². The van der Waals surface area contributed by atoms with Crippen molar-refractivity contribution >= 4 is 17.7 Å². The first-order chi connectivity index (χ1) is 26.0. The Bertz CT molecular complexity index is 1700. The minimum Gasteiger partial charge on any atom is -0.351 e. The molecular formula is C45H58N6O2. The average Bonchev–Trinajstić information content (AvgIpc) is 3.95. The van der Waals surface area contributed by atoms with Crippen molar-refractivity contribution in [1.82, 2.24) is 20.4 Å². The quantitative estimate of drug-likeness (QED) is 0.185. The molecule has 4 aliphatic heterocycles. The normalized spacial score (nSPS) is 30.2. The average molecular weight is 715 g/mol. The Hall–Kier alpha value is -3.88. The molecule has 8 nitrogen and oxygen atoms in total. The molecule has 4 amide bonds. The molecule has 8 heteroatoms. The maximum absolute atomic E-state index is 12.9. The summed E-state index contributed by atoms with van der Waals surface area (Å²) in [6.07, 6.45) is 16.4. The number of carbonyl (C=O) groups excluding carboxylic acids is 2. The number of hydrogen-bond acceptors (Lipinski definition) is 4. The summed E-state index contributed by atoms with van der Waals surface area (Å²) in [5.41, 5.74) is 14.1. The Kier molecular flexibility index (Phi) is 9.93. The Labute approximate surface area is 315 Å². The number of hydrogen-bond donors (Lipinski definition) is 3. The molecule has 4 bridgehead atoms. The van der Waals surface area contributed by atoms with E-state index in [4.69, 9.17) is 5.73 Å².